The molecule has 0 fully saturated rings. The van der Waals surface area contributed by atoms with E-state index in [0.29, 0.717) is 28.5 Å². The number of hydrogen-bond acceptors (Lipinski definition) is 9. The Kier molecular flexibility index (Phi) is 5.01. The van der Waals surface area contributed by atoms with E-state index >= 15 is 0 Å². The van der Waals surface area contributed by atoms with E-state index < -0.39 is 0 Å². The van der Waals surface area contributed by atoms with E-state index in [0.717, 1.165) is 28.2 Å². The Balaban J connectivity index is 1.54. The number of nitrogen functional groups attached to an aromatic ring is 1. The number of benzene rings is 1. The quantitative estimate of drug-likeness (QED) is 0.481. The summed E-state index contributed by atoms with van der Waals surface area (Å²) in [5.74, 6) is 2.18. The fourth-order valence-corrected chi connectivity index (χ4v) is 3.49. The highest BCUT2D eigenvalue weighted by Crippen LogP contribution is 2.22. The van der Waals surface area contributed by atoms with Crippen molar-refractivity contribution in [3.8, 4) is 0 Å². The van der Waals surface area contributed by atoms with Crippen LogP contribution in [0.1, 0.15) is 28.3 Å². The molecule has 0 spiro atoms. The van der Waals surface area contributed by atoms with Gasteiger partial charge in [0.2, 0.25) is 17.1 Å². The highest BCUT2D eigenvalue weighted by atomic mass is 32.2. The van der Waals surface area contributed by atoms with E-state index in [4.69, 9.17) is 5.73 Å². The van der Waals surface area contributed by atoms with Crippen LogP contribution in [0.4, 0.5) is 17.6 Å². The zero-order valence-electron chi connectivity index (χ0n) is 16.6. The Bertz CT molecular complexity index is 1200. The average Bonchev–Trinajstić information content (AvgIpc) is 3.09. The van der Waals surface area contributed by atoms with Crippen LogP contribution in [0.15, 0.2) is 29.4 Å². The molecule has 0 saturated carbocycles. The number of fused-ring (bicyclic) bond motifs is 1. The van der Waals surface area contributed by atoms with Crippen LogP contribution in [0.3, 0.4) is 0 Å². The van der Waals surface area contributed by atoms with E-state index in [9.17, 15) is 0 Å². The molecule has 0 radical (unpaired) electrons. The van der Waals surface area contributed by atoms with Gasteiger partial charge in [-0.05, 0) is 44.9 Å². The second-order valence-electron chi connectivity index (χ2n) is 6.68. The maximum Gasteiger partial charge on any atom is 0.253 e. The van der Waals surface area contributed by atoms with Crippen LogP contribution in [0.25, 0.3) is 5.78 Å². The standard InChI is InChI=1S/C19H21N9S/c1-10-7-5-6-8-14(10)22-17-24-15(23-16(20)25-17)9-29-19-26-18-21-12(3)11(2)13(4)28(18)27-19/h5-8H,9H2,1-4H3,(H3,20,22,23,24,25). The molecule has 9 nitrogen and oxygen atoms in total. The van der Waals surface area contributed by atoms with Gasteiger partial charge in [0.25, 0.3) is 5.78 Å². The number of aryl methyl sites for hydroxylation is 3. The van der Waals surface area contributed by atoms with Crippen molar-refractivity contribution in [3.63, 3.8) is 0 Å². The average molecular weight is 408 g/mol. The fraction of sp³-hybridized carbons (Fsp3) is 0.263. The Labute approximate surface area is 172 Å². The van der Waals surface area contributed by atoms with Gasteiger partial charge >= 0.3 is 0 Å². The number of nitrogens with one attached hydrogen (secondary N) is 1. The van der Waals surface area contributed by atoms with Crippen molar-refractivity contribution in [1.29, 1.82) is 0 Å². The number of hydrogen-bond donors (Lipinski definition) is 2. The van der Waals surface area contributed by atoms with E-state index in [1.165, 1.54) is 11.8 Å². The first-order valence-electron chi connectivity index (χ1n) is 9.07. The molecule has 3 heterocycles. The third kappa shape index (κ3) is 3.97. The van der Waals surface area contributed by atoms with Crippen LogP contribution in [0.5, 0.6) is 0 Å². The van der Waals surface area contributed by atoms with E-state index in [1.54, 1.807) is 4.52 Å². The molecule has 4 aromatic rings. The van der Waals surface area contributed by atoms with Crippen LogP contribution >= 0.6 is 11.8 Å². The minimum absolute atomic E-state index is 0.165. The van der Waals surface area contributed by atoms with Gasteiger partial charge in [-0.2, -0.15) is 19.9 Å². The molecule has 0 atom stereocenters. The van der Waals surface area contributed by atoms with Gasteiger partial charge in [0.1, 0.15) is 5.82 Å². The topological polar surface area (TPSA) is 120 Å². The van der Waals surface area contributed by atoms with Gasteiger partial charge in [0.15, 0.2) is 0 Å². The molecule has 0 unspecified atom stereocenters. The van der Waals surface area contributed by atoms with E-state index in [1.807, 2.05) is 52.0 Å². The summed E-state index contributed by atoms with van der Waals surface area (Å²) in [6.45, 7) is 8.02. The molecule has 29 heavy (non-hydrogen) atoms. The lowest BCUT2D eigenvalue weighted by atomic mass is 10.2. The minimum atomic E-state index is 0.165. The van der Waals surface area contributed by atoms with Gasteiger partial charge in [-0.25, -0.2) is 9.50 Å². The maximum atomic E-state index is 5.88. The van der Waals surface area contributed by atoms with Crippen molar-refractivity contribution in [2.24, 2.45) is 0 Å². The normalized spacial score (nSPS) is 11.2. The Morgan fingerprint density at radius 3 is 2.59 bits per heavy atom. The SMILES string of the molecule is Cc1ccccc1Nc1nc(N)nc(CSc2nc3nc(C)c(C)c(C)n3n2)n1. The van der Waals surface area contributed by atoms with Crippen molar-refractivity contribution in [2.75, 3.05) is 11.1 Å². The number of para-hydroxylation sites is 1. The summed E-state index contributed by atoms with van der Waals surface area (Å²) >= 11 is 1.43. The third-order valence-electron chi connectivity index (χ3n) is 4.66. The lowest BCUT2D eigenvalue weighted by molar-refractivity contribution is 0.831. The molecule has 0 aliphatic rings. The van der Waals surface area contributed by atoms with Gasteiger partial charge in [0, 0.05) is 17.1 Å². The Morgan fingerprint density at radius 2 is 1.79 bits per heavy atom. The van der Waals surface area contributed by atoms with Crippen LogP contribution in [0.2, 0.25) is 0 Å². The lowest BCUT2D eigenvalue weighted by Gasteiger charge is -2.09. The van der Waals surface area contributed by atoms with Crippen molar-refractivity contribution in [1.82, 2.24) is 34.5 Å². The van der Waals surface area contributed by atoms with Gasteiger partial charge in [-0.1, -0.05) is 30.0 Å². The van der Waals surface area contributed by atoms with Crippen LogP contribution in [-0.4, -0.2) is 34.5 Å². The summed E-state index contributed by atoms with van der Waals surface area (Å²) in [7, 11) is 0. The molecule has 1 aromatic carbocycles. The first-order chi connectivity index (χ1) is 13.9. The molecule has 0 bridgehead atoms. The van der Waals surface area contributed by atoms with Gasteiger partial charge < -0.3 is 11.1 Å². The second-order valence-corrected chi connectivity index (χ2v) is 7.62. The van der Waals surface area contributed by atoms with Gasteiger partial charge in [-0.3, -0.25) is 0 Å². The molecule has 3 N–H and O–H groups in total. The summed E-state index contributed by atoms with van der Waals surface area (Å²) in [4.78, 5) is 21.9. The zero-order valence-corrected chi connectivity index (χ0v) is 17.4. The number of anilines is 3. The highest BCUT2D eigenvalue weighted by molar-refractivity contribution is 7.98. The molecular weight excluding hydrogens is 386 g/mol. The zero-order chi connectivity index (χ0) is 20.5. The molecule has 10 heteroatoms. The van der Waals surface area contributed by atoms with Crippen molar-refractivity contribution >= 4 is 35.1 Å². The smallest absolute Gasteiger partial charge is 0.253 e. The largest absolute Gasteiger partial charge is 0.368 e. The van der Waals surface area contributed by atoms with Crippen LogP contribution in [-0.2, 0) is 5.75 Å². The summed E-state index contributed by atoms with van der Waals surface area (Å²) in [5.41, 5.74) is 11.0. The Morgan fingerprint density at radius 1 is 1.00 bits per heavy atom. The second kappa shape index (κ2) is 7.63. The van der Waals surface area contributed by atoms with Crippen molar-refractivity contribution in [3.05, 3.63) is 52.6 Å². The number of nitrogens with zero attached hydrogens (tertiary/aromatic N) is 7. The van der Waals surface area contributed by atoms with Crippen molar-refractivity contribution < 1.29 is 0 Å². The molecule has 3 aromatic heterocycles. The molecule has 4 rings (SSSR count). The molecule has 148 valence electrons. The summed E-state index contributed by atoms with van der Waals surface area (Å²) in [6, 6.07) is 7.90. The molecule has 0 saturated heterocycles. The third-order valence-corrected chi connectivity index (χ3v) is 5.50. The lowest BCUT2D eigenvalue weighted by Crippen LogP contribution is -2.07. The predicted molar refractivity (Wildman–Crippen MR) is 113 cm³/mol. The number of thioether (sulfide) groups is 1. The monoisotopic (exact) mass is 407 g/mol. The van der Waals surface area contributed by atoms with Gasteiger partial charge in [0.05, 0.1) is 5.75 Å². The fourth-order valence-electron chi connectivity index (χ4n) is 2.82. The molecule has 0 aliphatic heterocycles. The van der Waals surface area contributed by atoms with Crippen LogP contribution < -0.4 is 11.1 Å². The first-order valence-corrected chi connectivity index (χ1v) is 10.1. The molecular formula is C19H21N9S. The number of nitrogens with two attached hydrogens (primary N) is 1. The number of rotatable bonds is 5. The summed E-state index contributed by atoms with van der Waals surface area (Å²) in [5, 5.41) is 8.35. The van der Waals surface area contributed by atoms with E-state index in [2.05, 4.69) is 35.3 Å². The minimum Gasteiger partial charge on any atom is -0.368 e. The highest BCUT2D eigenvalue weighted by Gasteiger charge is 2.13. The van der Waals surface area contributed by atoms with Crippen LogP contribution in [0, 0.1) is 27.7 Å². The summed E-state index contributed by atoms with van der Waals surface area (Å²) in [6.07, 6.45) is 0. The van der Waals surface area contributed by atoms with Crippen molar-refractivity contribution in [2.45, 2.75) is 38.6 Å². The number of aromatic nitrogens is 7. The van der Waals surface area contributed by atoms with E-state index in [-0.39, 0.29) is 5.95 Å². The van der Waals surface area contributed by atoms with Gasteiger partial charge in [-0.15, -0.1) is 5.10 Å². The summed E-state index contributed by atoms with van der Waals surface area (Å²) < 4.78 is 1.76. The molecule has 0 amide bonds. The first kappa shape index (κ1) is 19.1. The Hall–Kier alpha value is -3.27. The molecule has 0 aliphatic carbocycles. The predicted octanol–water partition coefficient (Wildman–Crippen LogP) is 3.16. The maximum absolute atomic E-state index is 5.88.